The maximum absolute atomic E-state index is 14.0. The van der Waals surface area contributed by atoms with Gasteiger partial charge < -0.3 is 5.11 Å². The summed E-state index contributed by atoms with van der Waals surface area (Å²) in [7, 11) is 0. The highest BCUT2D eigenvalue weighted by Crippen LogP contribution is 2.26. The van der Waals surface area contributed by atoms with Crippen LogP contribution in [0.25, 0.3) is 0 Å². The molecule has 100 valence electrons. The monoisotopic (exact) mass is 258 g/mol. The van der Waals surface area contributed by atoms with Crippen molar-refractivity contribution in [3.8, 4) is 0 Å². The molecule has 0 aromatic heterocycles. The standard InChI is InChI=1S/C17H19FO/c1-11-5-4-6-14(8-11)10-16(19)17-13(3)7-12(2)9-15(17)18/h4-9,16,19H,10H2,1-3H3. The highest BCUT2D eigenvalue weighted by Gasteiger charge is 2.16. The van der Waals surface area contributed by atoms with Crippen LogP contribution in [0.5, 0.6) is 0 Å². The Morgan fingerprint density at radius 2 is 1.79 bits per heavy atom. The molecule has 19 heavy (non-hydrogen) atoms. The molecule has 0 amide bonds. The Balaban J connectivity index is 2.28. The van der Waals surface area contributed by atoms with Crippen LogP contribution in [0, 0.1) is 26.6 Å². The zero-order valence-corrected chi connectivity index (χ0v) is 11.6. The molecule has 0 aliphatic rings. The first kappa shape index (κ1) is 13.8. The summed E-state index contributed by atoms with van der Waals surface area (Å²) in [6.07, 6.45) is -0.370. The van der Waals surface area contributed by atoms with Crippen molar-refractivity contribution in [3.05, 3.63) is 70.0 Å². The Morgan fingerprint density at radius 3 is 2.42 bits per heavy atom. The van der Waals surface area contributed by atoms with E-state index in [1.807, 2.05) is 51.1 Å². The number of rotatable bonds is 3. The van der Waals surface area contributed by atoms with E-state index in [1.165, 1.54) is 6.07 Å². The van der Waals surface area contributed by atoms with Crippen LogP contribution in [-0.4, -0.2) is 5.11 Å². The molecule has 0 saturated heterocycles. The van der Waals surface area contributed by atoms with Gasteiger partial charge >= 0.3 is 0 Å². The Morgan fingerprint density at radius 1 is 1.05 bits per heavy atom. The average Bonchev–Trinajstić information content (AvgIpc) is 2.27. The molecule has 2 aromatic carbocycles. The summed E-state index contributed by atoms with van der Waals surface area (Å²) in [5.74, 6) is -0.322. The zero-order chi connectivity index (χ0) is 14.0. The summed E-state index contributed by atoms with van der Waals surface area (Å²) in [6, 6.07) is 11.3. The van der Waals surface area contributed by atoms with E-state index in [1.54, 1.807) is 0 Å². The van der Waals surface area contributed by atoms with E-state index in [9.17, 15) is 9.50 Å². The van der Waals surface area contributed by atoms with E-state index >= 15 is 0 Å². The lowest BCUT2D eigenvalue weighted by atomic mass is 9.95. The number of aryl methyl sites for hydroxylation is 3. The molecule has 1 nitrogen and oxygen atoms in total. The number of halogens is 1. The third-order valence-electron chi connectivity index (χ3n) is 3.33. The van der Waals surface area contributed by atoms with E-state index in [4.69, 9.17) is 0 Å². The molecule has 0 fully saturated rings. The molecule has 0 radical (unpaired) electrons. The topological polar surface area (TPSA) is 20.2 Å². The summed E-state index contributed by atoms with van der Waals surface area (Å²) in [6.45, 7) is 5.70. The van der Waals surface area contributed by atoms with Crippen molar-refractivity contribution in [2.45, 2.75) is 33.3 Å². The minimum absolute atomic E-state index is 0.322. The first-order chi connectivity index (χ1) is 8.97. The van der Waals surface area contributed by atoms with Gasteiger partial charge in [-0.25, -0.2) is 4.39 Å². The summed E-state index contributed by atoms with van der Waals surface area (Å²) in [5, 5.41) is 10.3. The van der Waals surface area contributed by atoms with Gasteiger partial charge in [-0.2, -0.15) is 0 Å². The SMILES string of the molecule is Cc1cccc(CC(O)c2c(C)cc(C)cc2F)c1. The van der Waals surface area contributed by atoms with Crippen LogP contribution in [0.1, 0.15) is 33.9 Å². The number of aliphatic hydroxyl groups is 1. The van der Waals surface area contributed by atoms with Crippen LogP contribution < -0.4 is 0 Å². The lowest BCUT2D eigenvalue weighted by molar-refractivity contribution is 0.173. The van der Waals surface area contributed by atoms with Crippen LogP contribution in [0.15, 0.2) is 36.4 Å². The Bertz CT molecular complexity index is 567. The highest BCUT2D eigenvalue weighted by molar-refractivity contribution is 5.35. The number of hydrogen-bond donors (Lipinski definition) is 1. The van der Waals surface area contributed by atoms with Crippen LogP contribution in [-0.2, 0) is 6.42 Å². The van der Waals surface area contributed by atoms with Gasteiger partial charge in [0, 0.05) is 12.0 Å². The maximum atomic E-state index is 14.0. The Kier molecular flexibility index (Phi) is 4.01. The third kappa shape index (κ3) is 3.21. The molecule has 1 atom stereocenters. The summed E-state index contributed by atoms with van der Waals surface area (Å²) < 4.78 is 14.0. The van der Waals surface area contributed by atoms with Gasteiger partial charge in [0.25, 0.3) is 0 Å². The van der Waals surface area contributed by atoms with Crippen molar-refractivity contribution in [3.63, 3.8) is 0 Å². The summed E-state index contributed by atoms with van der Waals surface area (Å²) in [4.78, 5) is 0. The number of hydrogen-bond acceptors (Lipinski definition) is 1. The number of aliphatic hydroxyl groups excluding tert-OH is 1. The molecular weight excluding hydrogens is 239 g/mol. The second-order valence-corrected chi connectivity index (χ2v) is 5.19. The minimum atomic E-state index is -0.803. The lowest BCUT2D eigenvalue weighted by Crippen LogP contribution is -2.07. The van der Waals surface area contributed by atoms with Crippen LogP contribution in [0.3, 0.4) is 0 Å². The van der Waals surface area contributed by atoms with Gasteiger partial charge in [0.15, 0.2) is 0 Å². The fourth-order valence-corrected chi connectivity index (χ4v) is 2.51. The van der Waals surface area contributed by atoms with Crippen molar-refractivity contribution in [2.24, 2.45) is 0 Å². The third-order valence-corrected chi connectivity index (χ3v) is 3.33. The first-order valence-corrected chi connectivity index (χ1v) is 6.47. The van der Waals surface area contributed by atoms with Crippen molar-refractivity contribution in [1.82, 2.24) is 0 Å². The average molecular weight is 258 g/mol. The predicted octanol–water partition coefficient (Wildman–Crippen LogP) is 4.03. The highest BCUT2D eigenvalue weighted by atomic mass is 19.1. The second-order valence-electron chi connectivity index (χ2n) is 5.19. The van der Waals surface area contributed by atoms with E-state index in [2.05, 4.69) is 0 Å². The molecule has 1 unspecified atom stereocenters. The molecule has 1 N–H and O–H groups in total. The first-order valence-electron chi connectivity index (χ1n) is 6.47. The fourth-order valence-electron chi connectivity index (χ4n) is 2.51. The van der Waals surface area contributed by atoms with Crippen molar-refractivity contribution in [1.29, 1.82) is 0 Å². The van der Waals surface area contributed by atoms with Gasteiger partial charge in [0.1, 0.15) is 5.82 Å². The van der Waals surface area contributed by atoms with Gasteiger partial charge in [0.05, 0.1) is 6.10 Å². The molecule has 0 bridgehead atoms. The molecule has 2 rings (SSSR count). The predicted molar refractivity (Wildman–Crippen MR) is 75.7 cm³/mol. The van der Waals surface area contributed by atoms with Crippen molar-refractivity contribution < 1.29 is 9.50 Å². The molecule has 0 saturated carbocycles. The van der Waals surface area contributed by atoms with E-state index in [0.29, 0.717) is 12.0 Å². The molecular formula is C17H19FO. The van der Waals surface area contributed by atoms with Gasteiger partial charge in [-0.1, -0.05) is 35.9 Å². The van der Waals surface area contributed by atoms with Crippen molar-refractivity contribution in [2.75, 3.05) is 0 Å². The van der Waals surface area contributed by atoms with Gasteiger partial charge in [-0.3, -0.25) is 0 Å². The maximum Gasteiger partial charge on any atom is 0.129 e. The van der Waals surface area contributed by atoms with Crippen LogP contribution >= 0.6 is 0 Å². The summed E-state index contributed by atoms with van der Waals surface area (Å²) in [5.41, 5.74) is 4.25. The van der Waals surface area contributed by atoms with Crippen LogP contribution in [0.4, 0.5) is 4.39 Å². The molecule has 2 heteroatoms. The second kappa shape index (κ2) is 5.54. The zero-order valence-electron chi connectivity index (χ0n) is 11.6. The van der Waals surface area contributed by atoms with Crippen LogP contribution in [0.2, 0.25) is 0 Å². The van der Waals surface area contributed by atoms with E-state index < -0.39 is 6.10 Å². The normalized spacial score (nSPS) is 12.5. The smallest absolute Gasteiger partial charge is 0.129 e. The molecule has 0 heterocycles. The number of benzene rings is 2. The minimum Gasteiger partial charge on any atom is -0.388 e. The molecule has 2 aromatic rings. The largest absolute Gasteiger partial charge is 0.388 e. The molecule has 0 aliphatic carbocycles. The van der Waals surface area contributed by atoms with Crippen molar-refractivity contribution >= 4 is 0 Å². The fraction of sp³-hybridized carbons (Fsp3) is 0.294. The molecule has 0 aliphatic heterocycles. The molecule has 0 spiro atoms. The summed E-state index contributed by atoms with van der Waals surface area (Å²) >= 11 is 0. The van der Waals surface area contributed by atoms with Gasteiger partial charge in [0.2, 0.25) is 0 Å². The van der Waals surface area contributed by atoms with Gasteiger partial charge in [-0.15, -0.1) is 0 Å². The lowest BCUT2D eigenvalue weighted by Gasteiger charge is -2.16. The van der Waals surface area contributed by atoms with E-state index in [-0.39, 0.29) is 5.82 Å². The van der Waals surface area contributed by atoms with Gasteiger partial charge in [-0.05, 0) is 43.5 Å². The Labute approximate surface area is 113 Å². The quantitative estimate of drug-likeness (QED) is 0.881. The van der Waals surface area contributed by atoms with E-state index in [0.717, 1.165) is 22.3 Å². The Hall–Kier alpha value is -1.67.